The van der Waals surface area contributed by atoms with Gasteiger partial charge in [-0.3, -0.25) is 19.4 Å². The first-order valence-electron chi connectivity index (χ1n) is 9.80. The van der Waals surface area contributed by atoms with Crippen LogP contribution < -0.4 is 21.1 Å². The number of halogens is 2. The van der Waals surface area contributed by atoms with Crippen LogP contribution in [0.5, 0.6) is 0 Å². The van der Waals surface area contributed by atoms with Gasteiger partial charge < -0.3 is 15.5 Å². The maximum absolute atomic E-state index is 13.4. The summed E-state index contributed by atoms with van der Waals surface area (Å²) in [6.45, 7) is 2.81. The Kier molecular flexibility index (Phi) is 5.46. The number of anilines is 3. The summed E-state index contributed by atoms with van der Waals surface area (Å²) in [5.41, 5.74) is -0.0964. The number of nitrogens with one attached hydrogen (secondary N) is 3. The van der Waals surface area contributed by atoms with Crippen LogP contribution in [0.25, 0.3) is 0 Å². The molecule has 1 fully saturated rings. The van der Waals surface area contributed by atoms with Crippen molar-refractivity contribution in [3.05, 3.63) is 45.0 Å². The summed E-state index contributed by atoms with van der Waals surface area (Å²) in [5.74, 6) is -2.13. The Labute approximate surface area is 176 Å². The summed E-state index contributed by atoms with van der Waals surface area (Å²) in [4.78, 5) is 47.2. The molecule has 0 spiro atoms. The molecule has 4 rings (SSSR count). The van der Waals surface area contributed by atoms with Crippen LogP contribution in [0.2, 0.25) is 5.02 Å². The Morgan fingerprint density at radius 3 is 2.87 bits per heavy atom. The van der Waals surface area contributed by atoms with E-state index in [-0.39, 0.29) is 34.6 Å². The van der Waals surface area contributed by atoms with E-state index in [0.29, 0.717) is 5.95 Å². The summed E-state index contributed by atoms with van der Waals surface area (Å²) in [6, 6.07) is 3.95. The zero-order valence-corrected chi connectivity index (χ0v) is 17.1. The summed E-state index contributed by atoms with van der Waals surface area (Å²) < 4.78 is 13.4. The molecule has 2 atom stereocenters. The van der Waals surface area contributed by atoms with Gasteiger partial charge in [0, 0.05) is 24.7 Å². The number of rotatable bonds is 3. The van der Waals surface area contributed by atoms with Crippen molar-refractivity contribution in [1.29, 1.82) is 0 Å². The molecule has 158 valence electrons. The third kappa shape index (κ3) is 3.89. The van der Waals surface area contributed by atoms with Crippen LogP contribution in [0.15, 0.2) is 23.0 Å². The lowest BCUT2D eigenvalue weighted by Crippen LogP contribution is -2.42. The van der Waals surface area contributed by atoms with Gasteiger partial charge in [0.1, 0.15) is 11.6 Å². The van der Waals surface area contributed by atoms with E-state index in [1.54, 1.807) is 0 Å². The molecule has 0 unspecified atom stereocenters. The molecule has 3 heterocycles. The van der Waals surface area contributed by atoms with Crippen molar-refractivity contribution in [3.8, 4) is 0 Å². The fraction of sp³-hybridized carbons (Fsp3) is 0.400. The van der Waals surface area contributed by atoms with Gasteiger partial charge >= 0.3 is 0 Å². The van der Waals surface area contributed by atoms with Crippen molar-refractivity contribution < 1.29 is 14.0 Å². The highest BCUT2D eigenvalue weighted by atomic mass is 35.5. The molecule has 0 saturated carbocycles. The van der Waals surface area contributed by atoms with Crippen molar-refractivity contribution in [1.82, 2.24) is 9.97 Å². The van der Waals surface area contributed by atoms with Crippen LogP contribution in [-0.2, 0) is 9.59 Å². The predicted molar refractivity (Wildman–Crippen MR) is 112 cm³/mol. The molecule has 2 aliphatic rings. The van der Waals surface area contributed by atoms with E-state index in [1.807, 2.05) is 4.90 Å². The van der Waals surface area contributed by atoms with Crippen LogP contribution in [0, 0.1) is 5.82 Å². The predicted octanol–water partition coefficient (Wildman–Crippen LogP) is 3.01. The van der Waals surface area contributed by atoms with Gasteiger partial charge in [0.2, 0.25) is 17.8 Å². The van der Waals surface area contributed by atoms with Crippen LogP contribution in [0.3, 0.4) is 0 Å². The minimum Gasteiger partial charge on any atom is -0.340 e. The summed E-state index contributed by atoms with van der Waals surface area (Å²) in [7, 11) is 0. The van der Waals surface area contributed by atoms with Crippen LogP contribution in [0.4, 0.5) is 21.8 Å². The fourth-order valence-corrected chi connectivity index (χ4v) is 4.12. The maximum atomic E-state index is 13.4. The second-order valence-electron chi connectivity index (χ2n) is 7.61. The molecule has 0 bridgehead atoms. The van der Waals surface area contributed by atoms with E-state index in [1.165, 1.54) is 12.1 Å². The molecule has 0 aliphatic carbocycles. The molecule has 30 heavy (non-hydrogen) atoms. The van der Waals surface area contributed by atoms with Gasteiger partial charge in [-0.2, -0.15) is 4.98 Å². The number of H-pyrrole nitrogens is 1. The quantitative estimate of drug-likeness (QED) is 0.689. The van der Waals surface area contributed by atoms with E-state index in [4.69, 9.17) is 11.6 Å². The standard InChI is InChI=1S/C20H21ClFN5O3/c1-10-4-2-3-7-27(10)20-25-17-16(19(30)26-20)12(9-15(28)24-17)18(29)23-11-5-6-14(22)13(21)8-11/h5-6,8,10,12H,2-4,7,9H2,1H3,(H,23,29)(H2,24,25,26,28,30)/t10-,12+/m1/s1. The molecule has 0 radical (unpaired) electrons. The molecule has 3 N–H and O–H groups in total. The minimum absolute atomic E-state index is 0.0973. The van der Waals surface area contributed by atoms with Gasteiger partial charge in [-0.1, -0.05) is 11.6 Å². The van der Waals surface area contributed by atoms with Gasteiger partial charge in [0.15, 0.2) is 0 Å². The molecule has 10 heteroatoms. The van der Waals surface area contributed by atoms with Crippen LogP contribution in [0.1, 0.15) is 44.1 Å². The molecule has 2 aliphatic heterocycles. The highest BCUT2D eigenvalue weighted by Gasteiger charge is 2.35. The van der Waals surface area contributed by atoms with Gasteiger partial charge in [-0.05, 0) is 44.4 Å². The Morgan fingerprint density at radius 2 is 2.13 bits per heavy atom. The van der Waals surface area contributed by atoms with Crippen LogP contribution in [-0.4, -0.2) is 34.4 Å². The van der Waals surface area contributed by atoms with E-state index in [0.717, 1.165) is 31.9 Å². The molecular weight excluding hydrogens is 413 g/mol. The number of fused-ring (bicyclic) bond motifs is 1. The van der Waals surface area contributed by atoms with Crippen molar-refractivity contribution in [3.63, 3.8) is 0 Å². The Hall–Kier alpha value is -2.94. The van der Waals surface area contributed by atoms with Crippen molar-refractivity contribution in [2.45, 2.75) is 44.6 Å². The third-order valence-electron chi connectivity index (χ3n) is 5.52. The highest BCUT2D eigenvalue weighted by Crippen LogP contribution is 2.31. The highest BCUT2D eigenvalue weighted by molar-refractivity contribution is 6.31. The van der Waals surface area contributed by atoms with E-state index < -0.39 is 29.1 Å². The number of aromatic amines is 1. The number of benzene rings is 1. The molecule has 8 nitrogen and oxygen atoms in total. The SMILES string of the molecule is C[C@@H]1CCCCN1c1nc2c(c(=O)[nH]1)[C@@H](C(=O)Nc1ccc(F)c(Cl)c1)CC(=O)N2. The van der Waals surface area contributed by atoms with Crippen molar-refractivity contribution in [2.75, 3.05) is 22.1 Å². The van der Waals surface area contributed by atoms with Gasteiger partial charge in [-0.15, -0.1) is 0 Å². The zero-order chi connectivity index (χ0) is 21.4. The monoisotopic (exact) mass is 433 g/mol. The number of nitrogens with zero attached hydrogens (tertiary/aromatic N) is 2. The Morgan fingerprint density at radius 1 is 1.33 bits per heavy atom. The lowest BCUT2D eigenvalue weighted by molar-refractivity contribution is -0.123. The third-order valence-corrected chi connectivity index (χ3v) is 5.81. The summed E-state index contributed by atoms with van der Waals surface area (Å²) >= 11 is 5.76. The molecule has 1 saturated heterocycles. The first-order valence-corrected chi connectivity index (χ1v) is 10.2. The average Bonchev–Trinajstić information content (AvgIpc) is 2.70. The van der Waals surface area contributed by atoms with Gasteiger partial charge in [0.05, 0.1) is 16.5 Å². The lowest BCUT2D eigenvalue weighted by Gasteiger charge is -2.34. The molecule has 1 aromatic carbocycles. The fourth-order valence-electron chi connectivity index (χ4n) is 3.94. The number of aromatic nitrogens is 2. The normalized spacial score (nSPS) is 21.0. The number of carbonyl (C=O) groups excluding carboxylic acids is 2. The van der Waals surface area contributed by atoms with E-state index in [9.17, 15) is 18.8 Å². The summed E-state index contributed by atoms with van der Waals surface area (Å²) in [5, 5.41) is 5.06. The first kappa shape index (κ1) is 20.3. The van der Waals surface area contributed by atoms with Crippen molar-refractivity contribution in [2.24, 2.45) is 0 Å². The first-order chi connectivity index (χ1) is 14.3. The van der Waals surface area contributed by atoms with E-state index >= 15 is 0 Å². The second-order valence-corrected chi connectivity index (χ2v) is 8.02. The number of hydrogen-bond donors (Lipinski definition) is 3. The number of piperidine rings is 1. The molecule has 2 amide bonds. The average molecular weight is 434 g/mol. The maximum Gasteiger partial charge on any atom is 0.258 e. The minimum atomic E-state index is -1.03. The summed E-state index contributed by atoms with van der Waals surface area (Å²) in [6.07, 6.45) is 2.89. The van der Waals surface area contributed by atoms with E-state index in [2.05, 4.69) is 27.5 Å². The Balaban J connectivity index is 1.65. The number of amides is 2. The zero-order valence-electron chi connectivity index (χ0n) is 16.3. The van der Waals surface area contributed by atoms with Crippen LogP contribution >= 0.6 is 11.6 Å². The van der Waals surface area contributed by atoms with Gasteiger partial charge in [0.25, 0.3) is 5.56 Å². The van der Waals surface area contributed by atoms with Gasteiger partial charge in [-0.25, -0.2) is 4.39 Å². The number of hydrogen-bond acceptors (Lipinski definition) is 5. The second kappa shape index (κ2) is 8.06. The molecular formula is C20H21ClFN5O3. The smallest absolute Gasteiger partial charge is 0.258 e. The number of carbonyl (C=O) groups is 2. The van der Waals surface area contributed by atoms with Crippen molar-refractivity contribution >= 4 is 40.9 Å². The molecule has 2 aromatic rings. The molecule has 1 aromatic heterocycles. The largest absolute Gasteiger partial charge is 0.340 e. The Bertz CT molecular complexity index is 1070. The lowest BCUT2D eigenvalue weighted by atomic mass is 9.92. The topological polar surface area (TPSA) is 107 Å².